The van der Waals surface area contributed by atoms with E-state index in [0.717, 1.165) is 25.7 Å². The van der Waals surface area contributed by atoms with Gasteiger partial charge in [-0.3, -0.25) is 9.69 Å². The van der Waals surface area contributed by atoms with Gasteiger partial charge in [0.1, 0.15) is 0 Å². The molecule has 5 unspecified atom stereocenters. The number of carbonyl (C=O) groups excluding carboxylic acids is 1. The summed E-state index contributed by atoms with van der Waals surface area (Å²) >= 11 is 0. The van der Waals surface area contributed by atoms with Crippen molar-refractivity contribution >= 4 is 5.91 Å². The fraction of sp³-hybridized carbons (Fsp3) is 0.933. The summed E-state index contributed by atoms with van der Waals surface area (Å²) in [6.45, 7) is 4.58. The van der Waals surface area contributed by atoms with E-state index >= 15 is 0 Å². The average Bonchev–Trinajstić information content (AvgIpc) is 2.97. The van der Waals surface area contributed by atoms with Gasteiger partial charge in [-0.2, -0.15) is 0 Å². The van der Waals surface area contributed by atoms with E-state index in [1.807, 2.05) is 0 Å². The smallest absolute Gasteiger partial charge is 0.223 e. The van der Waals surface area contributed by atoms with Crippen molar-refractivity contribution in [3.05, 3.63) is 0 Å². The fourth-order valence-corrected chi connectivity index (χ4v) is 4.21. The van der Waals surface area contributed by atoms with Crippen molar-refractivity contribution in [2.45, 2.75) is 63.6 Å². The largest absolute Gasteiger partial charge is 0.352 e. The van der Waals surface area contributed by atoms with E-state index in [-0.39, 0.29) is 11.8 Å². The Hall–Kier alpha value is -0.610. The van der Waals surface area contributed by atoms with Gasteiger partial charge in [-0.15, -0.1) is 0 Å². The molecule has 1 aliphatic carbocycles. The molecule has 0 aromatic rings. The van der Waals surface area contributed by atoms with E-state index in [2.05, 4.69) is 17.1 Å². The van der Waals surface area contributed by atoms with Crippen molar-refractivity contribution in [1.82, 2.24) is 10.2 Å². The monoisotopic (exact) mass is 265 g/mol. The number of nitrogens with two attached hydrogens (primary N) is 1. The molecule has 1 saturated carbocycles. The third-order valence-electron chi connectivity index (χ3n) is 5.54. The van der Waals surface area contributed by atoms with Crippen LogP contribution in [0.25, 0.3) is 0 Å². The molecule has 0 radical (unpaired) electrons. The molecule has 2 heterocycles. The molecule has 3 aliphatic rings. The summed E-state index contributed by atoms with van der Waals surface area (Å²) in [4.78, 5) is 15.0. The number of amides is 1. The number of nitrogens with one attached hydrogen (secondary N) is 1. The quantitative estimate of drug-likeness (QED) is 0.786. The van der Waals surface area contributed by atoms with E-state index in [0.29, 0.717) is 24.0 Å². The van der Waals surface area contributed by atoms with Gasteiger partial charge >= 0.3 is 0 Å². The molecule has 3 rings (SSSR count). The first-order chi connectivity index (χ1) is 9.15. The second kappa shape index (κ2) is 5.41. The van der Waals surface area contributed by atoms with Gasteiger partial charge in [-0.1, -0.05) is 6.92 Å². The Bertz CT molecular complexity index is 346. The molecule has 2 saturated heterocycles. The van der Waals surface area contributed by atoms with E-state index in [1.54, 1.807) is 0 Å². The van der Waals surface area contributed by atoms with E-state index in [9.17, 15) is 4.79 Å². The summed E-state index contributed by atoms with van der Waals surface area (Å²) in [5.41, 5.74) is 6.04. The number of rotatable bonds is 2. The zero-order valence-electron chi connectivity index (χ0n) is 12.0. The Morgan fingerprint density at radius 3 is 2.84 bits per heavy atom. The van der Waals surface area contributed by atoms with Crippen molar-refractivity contribution in [2.24, 2.45) is 17.6 Å². The molecule has 2 aliphatic heterocycles. The molecular formula is C15H27N3O. The maximum atomic E-state index is 12.4. The Kier molecular flexibility index (Phi) is 3.81. The van der Waals surface area contributed by atoms with Gasteiger partial charge in [0.2, 0.25) is 5.91 Å². The van der Waals surface area contributed by atoms with Crippen molar-refractivity contribution in [2.75, 3.05) is 13.1 Å². The predicted molar refractivity (Wildman–Crippen MR) is 75.6 cm³/mol. The third kappa shape index (κ3) is 2.65. The van der Waals surface area contributed by atoms with Gasteiger partial charge in [0, 0.05) is 30.6 Å². The average molecular weight is 265 g/mol. The van der Waals surface area contributed by atoms with Crippen LogP contribution >= 0.6 is 0 Å². The first kappa shape index (κ1) is 13.4. The van der Waals surface area contributed by atoms with Crippen LogP contribution in [0.1, 0.15) is 45.4 Å². The second-order valence-corrected chi connectivity index (χ2v) is 6.80. The number of nitrogens with zero attached hydrogens (tertiary/aromatic N) is 1. The first-order valence-corrected chi connectivity index (χ1v) is 7.95. The van der Waals surface area contributed by atoms with Gasteiger partial charge in [0.25, 0.3) is 0 Å². The highest BCUT2D eigenvalue weighted by atomic mass is 16.2. The molecule has 4 nitrogen and oxygen atoms in total. The van der Waals surface area contributed by atoms with Crippen molar-refractivity contribution < 1.29 is 4.79 Å². The molecule has 1 amide bonds. The number of carbonyl (C=O) groups is 1. The van der Waals surface area contributed by atoms with Crippen LogP contribution in [0.3, 0.4) is 0 Å². The summed E-state index contributed by atoms with van der Waals surface area (Å²) in [6.07, 6.45) is 6.63. The highest BCUT2D eigenvalue weighted by molar-refractivity contribution is 5.79. The number of hydrogen-bond acceptors (Lipinski definition) is 3. The topological polar surface area (TPSA) is 58.4 Å². The predicted octanol–water partition coefficient (Wildman–Crippen LogP) is 1.10. The minimum atomic E-state index is 0.199. The molecular weight excluding hydrogens is 238 g/mol. The second-order valence-electron chi connectivity index (χ2n) is 6.80. The van der Waals surface area contributed by atoms with Crippen LogP contribution in [-0.4, -0.2) is 42.0 Å². The molecule has 0 bridgehead atoms. The van der Waals surface area contributed by atoms with Gasteiger partial charge in [0.15, 0.2) is 0 Å². The fourth-order valence-electron chi connectivity index (χ4n) is 4.21. The standard InChI is InChI=1S/C15H27N3O/c1-10-9-11(4-5-12(10)16)15(19)17-13-6-8-18-7-2-3-14(13)18/h10-14H,2-9,16H2,1H3,(H,17,19). The lowest BCUT2D eigenvalue weighted by atomic mass is 9.79. The summed E-state index contributed by atoms with van der Waals surface area (Å²) < 4.78 is 0. The molecule has 0 spiro atoms. The highest BCUT2D eigenvalue weighted by Gasteiger charge is 2.39. The summed E-state index contributed by atoms with van der Waals surface area (Å²) in [6, 6.07) is 1.31. The summed E-state index contributed by atoms with van der Waals surface area (Å²) in [5, 5.41) is 3.33. The Morgan fingerprint density at radius 2 is 2.05 bits per heavy atom. The third-order valence-corrected chi connectivity index (χ3v) is 5.54. The lowest BCUT2D eigenvalue weighted by molar-refractivity contribution is -0.127. The van der Waals surface area contributed by atoms with Crippen LogP contribution in [0.2, 0.25) is 0 Å². The molecule has 5 atom stereocenters. The van der Waals surface area contributed by atoms with E-state index in [1.165, 1.54) is 25.9 Å². The van der Waals surface area contributed by atoms with E-state index < -0.39 is 0 Å². The normalized spacial score (nSPS) is 43.2. The lowest BCUT2D eigenvalue weighted by Gasteiger charge is -2.32. The highest BCUT2D eigenvalue weighted by Crippen LogP contribution is 2.31. The molecule has 108 valence electrons. The van der Waals surface area contributed by atoms with Crippen LogP contribution < -0.4 is 11.1 Å². The molecule has 3 N–H and O–H groups in total. The van der Waals surface area contributed by atoms with Crippen LogP contribution in [0, 0.1) is 11.8 Å². The summed E-state index contributed by atoms with van der Waals surface area (Å²) in [7, 11) is 0. The molecule has 4 heteroatoms. The van der Waals surface area contributed by atoms with Crippen molar-refractivity contribution in [3.8, 4) is 0 Å². The van der Waals surface area contributed by atoms with Gasteiger partial charge < -0.3 is 11.1 Å². The molecule has 0 aromatic heterocycles. The van der Waals surface area contributed by atoms with E-state index in [4.69, 9.17) is 5.73 Å². The SMILES string of the molecule is CC1CC(C(=O)NC2CCN3CCCC23)CCC1N. The summed E-state index contributed by atoms with van der Waals surface area (Å²) in [5.74, 6) is 0.971. The van der Waals surface area contributed by atoms with Gasteiger partial charge in [0.05, 0.1) is 0 Å². The Morgan fingerprint density at radius 1 is 1.21 bits per heavy atom. The van der Waals surface area contributed by atoms with Crippen LogP contribution in [0.15, 0.2) is 0 Å². The lowest BCUT2D eigenvalue weighted by Crippen LogP contribution is -2.47. The zero-order chi connectivity index (χ0) is 13.4. The number of fused-ring (bicyclic) bond motifs is 1. The Balaban J connectivity index is 1.54. The molecule has 3 fully saturated rings. The van der Waals surface area contributed by atoms with Crippen molar-refractivity contribution in [1.29, 1.82) is 0 Å². The molecule has 0 aromatic carbocycles. The van der Waals surface area contributed by atoms with Gasteiger partial charge in [-0.25, -0.2) is 0 Å². The van der Waals surface area contributed by atoms with Crippen LogP contribution in [-0.2, 0) is 4.79 Å². The first-order valence-electron chi connectivity index (χ1n) is 7.95. The minimum Gasteiger partial charge on any atom is -0.352 e. The zero-order valence-corrected chi connectivity index (χ0v) is 12.0. The maximum absolute atomic E-state index is 12.4. The van der Waals surface area contributed by atoms with Crippen molar-refractivity contribution in [3.63, 3.8) is 0 Å². The van der Waals surface area contributed by atoms with Gasteiger partial charge in [-0.05, 0) is 51.0 Å². The molecule has 19 heavy (non-hydrogen) atoms. The minimum absolute atomic E-state index is 0.199. The van der Waals surface area contributed by atoms with Crippen LogP contribution in [0.5, 0.6) is 0 Å². The Labute approximate surface area is 116 Å². The maximum Gasteiger partial charge on any atom is 0.223 e. The van der Waals surface area contributed by atoms with Crippen LogP contribution in [0.4, 0.5) is 0 Å². The number of hydrogen-bond donors (Lipinski definition) is 2.